The van der Waals surface area contributed by atoms with Gasteiger partial charge >= 0.3 is 0 Å². The lowest BCUT2D eigenvalue weighted by Gasteiger charge is -2.21. The minimum absolute atomic E-state index is 0.0489. The number of rotatable bonds is 5. The predicted octanol–water partition coefficient (Wildman–Crippen LogP) is 3.49. The number of anilines is 1. The molecule has 1 aromatic heterocycles. The second-order valence-corrected chi connectivity index (χ2v) is 7.75. The molecular formula is C22H24N4O2S. The molecule has 1 amide bonds. The Kier molecular flexibility index (Phi) is 6.05. The van der Waals surface area contributed by atoms with Crippen molar-refractivity contribution < 1.29 is 9.53 Å². The van der Waals surface area contributed by atoms with Crippen molar-refractivity contribution in [2.24, 2.45) is 0 Å². The number of benzene rings is 2. The molecule has 0 bridgehead atoms. The largest absolute Gasteiger partial charge is 0.497 e. The molecule has 0 aliphatic carbocycles. The summed E-state index contributed by atoms with van der Waals surface area (Å²) in [5.41, 5.74) is 1.88. The van der Waals surface area contributed by atoms with E-state index in [1.54, 1.807) is 13.2 Å². The van der Waals surface area contributed by atoms with Crippen LogP contribution in [0.1, 0.15) is 28.2 Å². The Morgan fingerprint density at radius 2 is 1.93 bits per heavy atom. The van der Waals surface area contributed by atoms with Gasteiger partial charge < -0.3 is 14.5 Å². The molecule has 150 valence electrons. The molecule has 4 rings (SSSR count). The summed E-state index contributed by atoms with van der Waals surface area (Å²) in [6.07, 6.45) is 1.65. The van der Waals surface area contributed by atoms with Crippen LogP contribution < -0.4 is 9.64 Å². The van der Waals surface area contributed by atoms with E-state index in [1.807, 2.05) is 41.3 Å². The number of aromatic nitrogens is 2. The molecule has 7 heteroatoms. The topological polar surface area (TPSA) is 58.6 Å². The normalized spacial score (nSPS) is 14.5. The van der Waals surface area contributed by atoms with Crippen LogP contribution in [0.4, 0.5) is 5.13 Å². The van der Waals surface area contributed by atoms with Crippen molar-refractivity contribution in [1.29, 1.82) is 0 Å². The van der Waals surface area contributed by atoms with Gasteiger partial charge in [0.15, 0.2) is 0 Å². The summed E-state index contributed by atoms with van der Waals surface area (Å²) < 4.78 is 9.78. The molecule has 1 fully saturated rings. The van der Waals surface area contributed by atoms with E-state index < -0.39 is 0 Å². The molecule has 0 saturated carbocycles. The van der Waals surface area contributed by atoms with Crippen LogP contribution in [0.5, 0.6) is 5.75 Å². The fourth-order valence-electron chi connectivity index (χ4n) is 3.47. The fourth-order valence-corrected chi connectivity index (χ4v) is 4.21. The van der Waals surface area contributed by atoms with Crippen molar-refractivity contribution in [2.75, 3.05) is 38.2 Å². The lowest BCUT2D eigenvalue weighted by Crippen LogP contribution is -2.35. The van der Waals surface area contributed by atoms with Crippen LogP contribution in [0.2, 0.25) is 0 Å². The van der Waals surface area contributed by atoms with E-state index in [-0.39, 0.29) is 5.91 Å². The molecule has 6 nitrogen and oxygen atoms in total. The monoisotopic (exact) mass is 408 g/mol. The number of hydrogen-bond donors (Lipinski definition) is 0. The van der Waals surface area contributed by atoms with Gasteiger partial charge in [0.1, 0.15) is 11.6 Å². The molecule has 0 atom stereocenters. The Bertz CT molecular complexity index is 960. The first kappa shape index (κ1) is 19.4. The number of carbonyl (C=O) groups is 1. The van der Waals surface area contributed by atoms with Gasteiger partial charge in [-0.15, -0.1) is 0 Å². The standard InChI is InChI=1S/C22H24N4O2S/c1-28-19-10-5-9-18(16-19)21(27)25-11-6-12-26(14-13-25)22-23-20(24-29-22)15-17-7-3-2-4-8-17/h2-5,7-10,16H,6,11-15H2,1H3. The van der Waals surface area contributed by atoms with E-state index in [4.69, 9.17) is 9.72 Å². The van der Waals surface area contributed by atoms with Crippen molar-refractivity contribution in [1.82, 2.24) is 14.3 Å². The van der Waals surface area contributed by atoms with Crippen LogP contribution in [0.3, 0.4) is 0 Å². The first-order chi connectivity index (χ1) is 14.2. The van der Waals surface area contributed by atoms with Crippen molar-refractivity contribution in [3.8, 4) is 5.75 Å². The van der Waals surface area contributed by atoms with Crippen molar-refractivity contribution in [2.45, 2.75) is 12.8 Å². The van der Waals surface area contributed by atoms with Crippen LogP contribution >= 0.6 is 11.5 Å². The first-order valence-electron chi connectivity index (χ1n) is 9.78. The number of carbonyl (C=O) groups excluding carboxylic acids is 1. The third-order valence-corrected chi connectivity index (χ3v) is 5.85. The van der Waals surface area contributed by atoms with Gasteiger partial charge in [-0.2, -0.15) is 4.37 Å². The van der Waals surface area contributed by atoms with E-state index in [2.05, 4.69) is 21.4 Å². The number of amides is 1. The van der Waals surface area contributed by atoms with Crippen LogP contribution in [0.25, 0.3) is 0 Å². The van der Waals surface area contributed by atoms with Crippen molar-refractivity contribution in [3.63, 3.8) is 0 Å². The second kappa shape index (κ2) is 9.05. The Labute approximate surface area is 174 Å². The summed E-state index contributed by atoms with van der Waals surface area (Å²) in [5, 5.41) is 0.937. The van der Waals surface area contributed by atoms with Crippen molar-refractivity contribution in [3.05, 3.63) is 71.5 Å². The maximum atomic E-state index is 12.9. The SMILES string of the molecule is COc1cccc(C(=O)N2CCCN(c3nc(Cc4ccccc4)ns3)CC2)c1. The summed E-state index contributed by atoms with van der Waals surface area (Å²) in [7, 11) is 1.61. The maximum Gasteiger partial charge on any atom is 0.254 e. The molecule has 1 aliphatic heterocycles. The molecule has 2 heterocycles. The molecule has 2 aromatic carbocycles. The van der Waals surface area contributed by atoms with Crippen molar-refractivity contribution >= 4 is 22.6 Å². The van der Waals surface area contributed by atoms with E-state index in [0.717, 1.165) is 43.4 Å². The van der Waals surface area contributed by atoms with Gasteiger partial charge in [0, 0.05) is 49.7 Å². The second-order valence-electron chi connectivity index (χ2n) is 7.02. The summed E-state index contributed by atoms with van der Waals surface area (Å²) in [6, 6.07) is 17.6. The van der Waals surface area contributed by atoms with Crippen LogP contribution in [0, 0.1) is 0 Å². The van der Waals surface area contributed by atoms with Gasteiger partial charge in [-0.3, -0.25) is 4.79 Å². The summed E-state index contributed by atoms with van der Waals surface area (Å²) in [6.45, 7) is 3.05. The quantitative estimate of drug-likeness (QED) is 0.647. The molecule has 1 aliphatic rings. The third kappa shape index (κ3) is 4.74. The molecule has 29 heavy (non-hydrogen) atoms. The third-order valence-electron chi connectivity index (χ3n) is 5.03. The highest BCUT2D eigenvalue weighted by molar-refractivity contribution is 7.09. The minimum atomic E-state index is 0.0489. The highest BCUT2D eigenvalue weighted by Crippen LogP contribution is 2.21. The van der Waals surface area contributed by atoms with E-state index in [0.29, 0.717) is 17.9 Å². The zero-order valence-corrected chi connectivity index (χ0v) is 17.3. The van der Waals surface area contributed by atoms with Gasteiger partial charge in [-0.25, -0.2) is 4.98 Å². The number of ether oxygens (including phenoxy) is 1. The predicted molar refractivity (Wildman–Crippen MR) is 115 cm³/mol. The summed E-state index contributed by atoms with van der Waals surface area (Å²) in [4.78, 5) is 21.8. The fraction of sp³-hybridized carbons (Fsp3) is 0.318. The van der Waals surface area contributed by atoms with E-state index in [1.165, 1.54) is 17.1 Å². The Balaban J connectivity index is 1.39. The van der Waals surface area contributed by atoms with Gasteiger partial charge in [-0.1, -0.05) is 36.4 Å². The molecule has 0 unspecified atom stereocenters. The lowest BCUT2D eigenvalue weighted by molar-refractivity contribution is 0.0766. The average Bonchev–Trinajstić information content (AvgIpc) is 3.08. The zero-order chi connectivity index (χ0) is 20.1. The first-order valence-corrected chi connectivity index (χ1v) is 10.5. The highest BCUT2D eigenvalue weighted by Gasteiger charge is 2.22. The number of methoxy groups -OCH3 is 1. The summed E-state index contributed by atoms with van der Waals surface area (Å²) in [5.74, 6) is 1.60. The zero-order valence-electron chi connectivity index (χ0n) is 16.5. The minimum Gasteiger partial charge on any atom is -0.497 e. The van der Waals surface area contributed by atoms with Crippen LogP contribution in [0.15, 0.2) is 54.6 Å². The van der Waals surface area contributed by atoms with Gasteiger partial charge in [0.05, 0.1) is 7.11 Å². The Hall–Kier alpha value is -2.93. The molecule has 1 saturated heterocycles. The number of hydrogen-bond acceptors (Lipinski definition) is 6. The van der Waals surface area contributed by atoms with Gasteiger partial charge in [0.25, 0.3) is 5.91 Å². The van der Waals surface area contributed by atoms with Gasteiger partial charge in [0.2, 0.25) is 5.13 Å². The molecule has 3 aromatic rings. The molecular weight excluding hydrogens is 384 g/mol. The van der Waals surface area contributed by atoms with Crippen LogP contribution in [-0.4, -0.2) is 53.5 Å². The van der Waals surface area contributed by atoms with E-state index in [9.17, 15) is 4.79 Å². The molecule has 0 spiro atoms. The molecule has 0 N–H and O–H groups in total. The van der Waals surface area contributed by atoms with E-state index >= 15 is 0 Å². The Morgan fingerprint density at radius 1 is 1.07 bits per heavy atom. The average molecular weight is 409 g/mol. The van der Waals surface area contributed by atoms with Gasteiger partial charge in [-0.05, 0) is 30.2 Å². The molecule has 0 radical (unpaired) electrons. The Morgan fingerprint density at radius 3 is 2.76 bits per heavy atom. The van der Waals surface area contributed by atoms with Crippen LogP contribution in [-0.2, 0) is 6.42 Å². The maximum absolute atomic E-state index is 12.9. The number of nitrogens with zero attached hydrogens (tertiary/aromatic N) is 4. The highest BCUT2D eigenvalue weighted by atomic mass is 32.1. The lowest BCUT2D eigenvalue weighted by atomic mass is 10.1. The summed E-state index contributed by atoms with van der Waals surface area (Å²) >= 11 is 1.44. The smallest absolute Gasteiger partial charge is 0.254 e.